The number of nitrogens with one attached hydrogen (secondary N) is 1. The molecule has 0 fully saturated rings. The molecule has 32 heavy (non-hydrogen) atoms. The van der Waals surface area contributed by atoms with E-state index in [0.29, 0.717) is 12.1 Å². The van der Waals surface area contributed by atoms with Gasteiger partial charge in [-0.05, 0) is 47.9 Å². The molecule has 3 aromatic carbocycles. The van der Waals surface area contributed by atoms with E-state index in [9.17, 15) is 9.90 Å². The lowest BCUT2D eigenvalue weighted by Crippen LogP contribution is -2.42. The Balaban J connectivity index is 1.20. The highest BCUT2D eigenvalue weighted by Gasteiger charge is 2.19. The zero-order valence-electron chi connectivity index (χ0n) is 17.7. The number of aliphatic hydroxyl groups excluding tert-OH is 1. The second-order valence-electron chi connectivity index (χ2n) is 8.16. The van der Waals surface area contributed by atoms with Crippen molar-refractivity contribution in [2.24, 2.45) is 0 Å². The Kier molecular flexibility index (Phi) is 5.66. The molecule has 2 N–H and O–H groups in total. The molecule has 1 amide bonds. The van der Waals surface area contributed by atoms with E-state index in [1.165, 1.54) is 11.1 Å². The highest BCUT2D eigenvalue weighted by atomic mass is 16.3. The van der Waals surface area contributed by atoms with E-state index in [1.807, 2.05) is 36.4 Å². The molecule has 2 heterocycles. The van der Waals surface area contributed by atoms with Crippen LogP contribution in [0.2, 0.25) is 0 Å². The van der Waals surface area contributed by atoms with Crippen LogP contribution in [0, 0.1) is 0 Å². The van der Waals surface area contributed by atoms with Gasteiger partial charge in [0.1, 0.15) is 5.52 Å². The van der Waals surface area contributed by atoms with Crippen LogP contribution >= 0.6 is 0 Å². The molecule has 4 aromatic rings. The zero-order valence-corrected chi connectivity index (χ0v) is 17.7. The summed E-state index contributed by atoms with van der Waals surface area (Å²) in [5, 5.41) is 21.7. The Morgan fingerprint density at radius 2 is 1.84 bits per heavy atom. The zero-order chi connectivity index (χ0) is 21.9. The van der Waals surface area contributed by atoms with Gasteiger partial charge in [0.15, 0.2) is 0 Å². The van der Waals surface area contributed by atoms with Crippen LogP contribution in [0.1, 0.15) is 21.5 Å². The maximum absolute atomic E-state index is 12.7. The fourth-order valence-corrected chi connectivity index (χ4v) is 4.22. The molecule has 1 atom stereocenters. The van der Waals surface area contributed by atoms with Crippen molar-refractivity contribution in [1.82, 2.24) is 25.2 Å². The maximum Gasteiger partial charge on any atom is 0.251 e. The minimum Gasteiger partial charge on any atom is -0.390 e. The van der Waals surface area contributed by atoms with Gasteiger partial charge in [-0.2, -0.15) is 0 Å². The number of benzene rings is 3. The van der Waals surface area contributed by atoms with Crippen molar-refractivity contribution in [3.05, 3.63) is 89.5 Å². The summed E-state index contributed by atoms with van der Waals surface area (Å²) in [5.41, 5.74) is 5.65. The fraction of sp³-hybridized carbons (Fsp3) is 0.240. The largest absolute Gasteiger partial charge is 0.390 e. The number of rotatable bonds is 6. The van der Waals surface area contributed by atoms with Crippen LogP contribution in [0.4, 0.5) is 0 Å². The van der Waals surface area contributed by atoms with Crippen molar-refractivity contribution in [1.29, 1.82) is 0 Å². The van der Waals surface area contributed by atoms with Crippen molar-refractivity contribution < 1.29 is 9.90 Å². The van der Waals surface area contributed by atoms with Crippen LogP contribution in [0.25, 0.3) is 16.7 Å². The minimum absolute atomic E-state index is 0.202. The van der Waals surface area contributed by atoms with Gasteiger partial charge in [0.2, 0.25) is 0 Å². The number of carbonyl (C=O) groups is 1. The van der Waals surface area contributed by atoms with Gasteiger partial charge < -0.3 is 10.4 Å². The highest BCUT2D eigenvalue weighted by molar-refractivity contribution is 5.94. The van der Waals surface area contributed by atoms with Crippen LogP contribution in [0.15, 0.2) is 72.8 Å². The molecule has 7 heteroatoms. The number of hydrogen-bond donors (Lipinski definition) is 2. The van der Waals surface area contributed by atoms with E-state index in [1.54, 1.807) is 16.8 Å². The lowest BCUT2D eigenvalue weighted by molar-refractivity contribution is 0.0842. The minimum atomic E-state index is -0.633. The Hall–Kier alpha value is -3.55. The second-order valence-corrected chi connectivity index (χ2v) is 8.16. The standard InChI is InChI=1S/C25H25N5O2/c31-22(17-29-13-12-18-6-1-2-7-20(18)16-29)15-26-25(32)19-8-5-9-21(14-19)30-24-11-4-3-10-23(24)27-28-30/h1-11,14,22,31H,12-13,15-17H2,(H,26,32). The number of para-hydroxylation sites is 1. The molecule has 7 nitrogen and oxygen atoms in total. The summed E-state index contributed by atoms with van der Waals surface area (Å²) < 4.78 is 1.72. The van der Waals surface area contributed by atoms with Gasteiger partial charge in [0.05, 0.1) is 17.3 Å². The van der Waals surface area contributed by atoms with Crippen molar-refractivity contribution in [3.63, 3.8) is 0 Å². The first kappa shape index (κ1) is 20.4. The van der Waals surface area contributed by atoms with Gasteiger partial charge in [-0.3, -0.25) is 9.69 Å². The Morgan fingerprint density at radius 3 is 2.75 bits per heavy atom. The van der Waals surface area contributed by atoms with Gasteiger partial charge in [-0.15, -0.1) is 5.10 Å². The molecule has 5 rings (SSSR count). The third-order valence-electron chi connectivity index (χ3n) is 5.88. The smallest absolute Gasteiger partial charge is 0.251 e. The third kappa shape index (κ3) is 4.26. The van der Waals surface area contributed by atoms with E-state index in [-0.39, 0.29) is 12.5 Å². The summed E-state index contributed by atoms with van der Waals surface area (Å²) in [4.78, 5) is 14.9. The predicted octanol–water partition coefficient (Wildman–Crippen LogP) is 2.57. The molecular weight excluding hydrogens is 402 g/mol. The van der Waals surface area contributed by atoms with Crippen molar-refractivity contribution >= 4 is 16.9 Å². The van der Waals surface area contributed by atoms with Crippen LogP contribution in [0.5, 0.6) is 0 Å². The first-order valence-corrected chi connectivity index (χ1v) is 10.8. The van der Waals surface area contributed by atoms with Gasteiger partial charge in [0, 0.05) is 31.7 Å². The summed E-state index contributed by atoms with van der Waals surface area (Å²) in [5.74, 6) is -0.223. The molecule has 1 unspecified atom stereocenters. The number of aliphatic hydroxyl groups is 1. The first-order valence-electron chi connectivity index (χ1n) is 10.8. The van der Waals surface area contributed by atoms with Crippen LogP contribution in [-0.2, 0) is 13.0 Å². The average molecular weight is 428 g/mol. The van der Waals surface area contributed by atoms with E-state index in [2.05, 4.69) is 44.8 Å². The normalized spacial score (nSPS) is 14.8. The summed E-state index contributed by atoms with van der Waals surface area (Å²) in [6.07, 6.45) is 0.352. The molecule has 1 aliphatic rings. The topological polar surface area (TPSA) is 83.3 Å². The maximum atomic E-state index is 12.7. The van der Waals surface area contributed by atoms with Crippen molar-refractivity contribution in [2.45, 2.75) is 19.1 Å². The van der Waals surface area contributed by atoms with E-state index >= 15 is 0 Å². The average Bonchev–Trinajstić information content (AvgIpc) is 3.27. The molecule has 162 valence electrons. The lowest BCUT2D eigenvalue weighted by atomic mass is 10.00. The third-order valence-corrected chi connectivity index (χ3v) is 5.88. The highest BCUT2D eigenvalue weighted by Crippen LogP contribution is 2.19. The lowest BCUT2D eigenvalue weighted by Gasteiger charge is -2.30. The van der Waals surface area contributed by atoms with Crippen molar-refractivity contribution in [3.8, 4) is 5.69 Å². The first-order chi connectivity index (χ1) is 15.7. The predicted molar refractivity (Wildman–Crippen MR) is 123 cm³/mol. The van der Waals surface area contributed by atoms with Crippen molar-refractivity contribution in [2.75, 3.05) is 19.6 Å². The van der Waals surface area contributed by atoms with Crippen LogP contribution in [0.3, 0.4) is 0 Å². The van der Waals surface area contributed by atoms with Crippen LogP contribution < -0.4 is 5.32 Å². The van der Waals surface area contributed by atoms with Gasteiger partial charge in [-0.25, -0.2) is 4.68 Å². The number of aromatic nitrogens is 3. The Bertz CT molecular complexity index is 1250. The number of hydrogen-bond acceptors (Lipinski definition) is 5. The number of fused-ring (bicyclic) bond motifs is 2. The molecule has 0 bridgehead atoms. The Morgan fingerprint density at radius 1 is 1.03 bits per heavy atom. The molecular formula is C25H25N5O2. The fourth-order valence-electron chi connectivity index (χ4n) is 4.22. The SMILES string of the molecule is O=C(NCC(O)CN1CCc2ccccc2C1)c1cccc(-n2nnc3ccccc32)c1. The van der Waals surface area contributed by atoms with E-state index in [4.69, 9.17) is 0 Å². The monoisotopic (exact) mass is 427 g/mol. The summed E-state index contributed by atoms with van der Waals surface area (Å²) in [7, 11) is 0. The van der Waals surface area contributed by atoms with E-state index in [0.717, 1.165) is 36.2 Å². The number of nitrogens with zero attached hydrogens (tertiary/aromatic N) is 4. The second kappa shape index (κ2) is 8.90. The molecule has 1 aliphatic heterocycles. The summed E-state index contributed by atoms with van der Waals surface area (Å²) in [6, 6.07) is 23.4. The van der Waals surface area contributed by atoms with Gasteiger partial charge >= 0.3 is 0 Å². The van der Waals surface area contributed by atoms with E-state index < -0.39 is 6.10 Å². The molecule has 0 saturated carbocycles. The molecule has 0 saturated heterocycles. The van der Waals surface area contributed by atoms with Gasteiger partial charge in [-0.1, -0.05) is 47.7 Å². The molecule has 0 aliphatic carbocycles. The summed E-state index contributed by atoms with van der Waals surface area (Å²) >= 11 is 0. The molecule has 1 aromatic heterocycles. The summed E-state index contributed by atoms with van der Waals surface area (Å²) in [6.45, 7) is 2.47. The number of amides is 1. The van der Waals surface area contributed by atoms with Gasteiger partial charge in [0.25, 0.3) is 5.91 Å². The quantitative estimate of drug-likeness (QED) is 0.494. The molecule has 0 spiro atoms. The number of β-amino-alcohol motifs (C(OH)–C–C–N with tert-alkyl or cyclic N) is 1. The Labute approximate surface area is 186 Å². The van der Waals surface area contributed by atoms with Crippen LogP contribution in [-0.4, -0.2) is 56.6 Å². The number of carbonyl (C=O) groups excluding carboxylic acids is 1. The molecule has 0 radical (unpaired) electrons.